The number of benzene rings is 2. The Morgan fingerprint density at radius 2 is 1.03 bits per heavy atom. The van der Waals surface area contributed by atoms with Crippen LogP contribution in [-0.2, 0) is 6.42 Å². The molecule has 0 aliphatic heterocycles. The SMILES string of the molecule is CCCCCCCCCCCCCCCCCCc1ccc(-c2cc[c]c(C)c2C)cc1. The molecule has 0 aromatic heterocycles. The molecule has 0 heteroatoms. The van der Waals surface area contributed by atoms with Gasteiger partial charge < -0.3 is 0 Å². The third-order valence-electron chi connectivity index (χ3n) is 7.10. The van der Waals surface area contributed by atoms with Gasteiger partial charge in [-0.15, -0.1) is 0 Å². The van der Waals surface area contributed by atoms with E-state index in [9.17, 15) is 0 Å². The largest absolute Gasteiger partial charge is 0.0654 e. The van der Waals surface area contributed by atoms with Gasteiger partial charge in [0.1, 0.15) is 0 Å². The molecular weight excluding hydrogens is 384 g/mol. The maximum absolute atomic E-state index is 3.29. The van der Waals surface area contributed by atoms with Crippen molar-refractivity contribution in [2.24, 2.45) is 0 Å². The Labute approximate surface area is 200 Å². The summed E-state index contributed by atoms with van der Waals surface area (Å²) in [5.74, 6) is 0. The van der Waals surface area contributed by atoms with Crippen LogP contribution in [0, 0.1) is 19.9 Å². The van der Waals surface area contributed by atoms with Crippen LogP contribution in [-0.4, -0.2) is 0 Å². The Morgan fingerprint density at radius 1 is 0.562 bits per heavy atom. The van der Waals surface area contributed by atoms with Crippen molar-refractivity contribution >= 4 is 0 Å². The normalized spacial score (nSPS) is 11.2. The molecule has 177 valence electrons. The van der Waals surface area contributed by atoms with Crippen LogP contribution >= 0.6 is 0 Å². The van der Waals surface area contributed by atoms with Crippen LogP contribution in [0.5, 0.6) is 0 Å². The summed E-state index contributed by atoms with van der Waals surface area (Å²) in [5, 5.41) is 0. The number of aryl methyl sites for hydroxylation is 2. The Morgan fingerprint density at radius 3 is 1.53 bits per heavy atom. The highest BCUT2D eigenvalue weighted by Gasteiger charge is 2.04. The minimum atomic E-state index is 1.22. The average molecular weight is 434 g/mol. The molecule has 0 heterocycles. The van der Waals surface area contributed by atoms with Crippen molar-refractivity contribution in [1.82, 2.24) is 0 Å². The number of hydrogen-bond donors (Lipinski definition) is 0. The summed E-state index contributed by atoms with van der Waals surface area (Å²) in [6.45, 7) is 6.64. The van der Waals surface area contributed by atoms with Crippen molar-refractivity contribution in [1.29, 1.82) is 0 Å². The van der Waals surface area contributed by atoms with Crippen LogP contribution in [0.2, 0.25) is 0 Å². The summed E-state index contributed by atoms with van der Waals surface area (Å²) in [4.78, 5) is 0. The van der Waals surface area contributed by atoms with Crippen molar-refractivity contribution < 1.29 is 0 Å². The van der Waals surface area contributed by atoms with E-state index in [1.807, 2.05) is 6.07 Å². The number of unbranched alkanes of at least 4 members (excludes halogenated alkanes) is 15. The molecule has 0 saturated carbocycles. The molecule has 0 unspecified atom stereocenters. The zero-order chi connectivity index (χ0) is 22.9. The van der Waals surface area contributed by atoms with Gasteiger partial charge >= 0.3 is 0 Å². The van der Waals surface area contributed by atoms with E-state index in [2.05, 4.69) is 57.2 Å². The van der Waals surface area contributed by atoms with Crippen LogP contribution in [0.3, 0.4) is 0 Å². The molecule has 0 fully saturated rings. The summed E-state index contributed by atoms with van der Waals surface area (Å²) in [6.07, 6.45) is 24.2. The quantitative estimate of drug-likeness (QED) is 0.205. The first-order valence-corrected chi connectivity index (χ1v) is 13.8. The molecule has 2 aromatic rings. The average Bonchev–Trinajstić information content (AvgIpc) is 2.81. The topological polar surface area (TPSA) is 0 Å². The summed E-state index contributed by atoms with van der Waals surface area (Å²) in [5.41, 5.74) is 6.75. The van der Waals surface area contributed by atoms with E-state index in [1.165, 1.54) is 137 Å². The van der Waals surface area contributed by atoms with E-state index >= 15 is 0 Å². The highest BCUT2D eigenvalue weighted by Crippen LogP contribution is 2.26. The zero-order valence-corrected chi connectivity index (χ0v) is 21.5. The van der Waals surface area contributed by atoms with E-state index in [0.717, 1.165) is 0 Å². The van der Waals surface area contributed by atoms with Gasteiger partial charge in [-0.1, -0.05) is 140 Å². The molecule has 0 amide bonds. The van der Waals surface area contributed by atoms with Crippen molar-refractivity contribution in [2.75, 3.05) is 0 Å². The molecule has 1 radical (unpaired) electrons. The van der Waals surface area contributed by atoms with E-state index < -0.39 is 0 Å². The zero-order valence-electron chi connectivity index (χ0n) is 21.5. The lowest BCUT2D eigenvalue weighted by Crippen LogP contribution is -1.89. The molecule has 0 saturated heterocycles. The maximum Gasteiger partial charge on any atom is -0.0149 e. The summed E-state index contributed by atoms with van der Waals surface area (Å²) >= 11 is 0. The predicted molar refractivity (Wildman–Crippen MR) is 143 cm³/mol. The van der Waals surface area contributed by atoms with E-state index in [0.29, 0.717) is 0 Å². The van der Waals surface area contributed by atoms with Gasteiger partial charge in [0.15, 0.2) is 0 Å². The first-order valence-electron chi connectivity index (χ1n) is 13.8. The Kier molecular flexibility index (Phi) is 14.2. The summed E-state index contributed by atoms with van der Waals surface area (Å²) in [6, 6.07) is 16.8. The van der Waals surface area contributed by atoms with Gasteiger partial charge in [-0.05, 0) is 60.6 Å². The van der Waals surface area contributed by atoms with Crippen molar-refractivity contribution in [3.8, 4) is 11.1 Å². The molecule has 2 aromatic carbocycles. The molecule has 0 spiro atoms. The lowest BCUT2D eigenvalue weighted by Gasteiger charge is -2.09. The van der Waals surface area contributed by atoms with Gasteiger partial charge in [-0.2, -0.15) is 0 Å². The fraction of sp³-hybridized carbons (Fsp3) is 0.625. The Hall–Kier alpha value is -1.56. The number of rotatable bonds is 18. The third-order valence-corrected chi connectivity index (χ3v) is 7.10. The Balaban J connectivity index is 1.43. The fourth-order valence-electron chi connectivity index (χ4n) is 4.73. The van der Waals surface area contributed by atoms with Crippen molar-refractivity contribution in [3.05, 3.63) is 59.2 Å². The van der Waals surface area contributed by atoms with Gasteiger partial charge in [0, 0.05) is 0 Å². The summed E-state index contributed by atoms with van der Waals surface area (Å²) in [7, 11) is 0. The second kappa shape index (κ2) is 17.0. The fourth-order valence-corrected chi connectivity index (χ4v) is 4.73. The summed E-state index contributed by atoms with van der Waals surface area (Å²) < 4.78 is 0. The van der Waals surface area contributed by atoms with Gasteiger partial charge in [-0.3, -0.25) is 0 Å². The molecule has 0 N–H and O–H groups in total. The van der Waals surface area contributed by atoms with Gasteiger partial charge in [-0.25, -0.2) is 0 Å². The molecular formula is C32H49. The molecule has 0 nitrogen and oxygen atoms in total. The minimum Gasteiger partial charge on any atom is -0.0654 e. The van der Waals surface area contributed by atoms with Crippen LogP contribution in [0.4, 0.5) is 0 Å². The van der Waals surface area contributed by atoms with Crippen molar-refractivity contribution in [3.63, 3.8) is 0 Å². The van der Waals surface area contributed by atoms with E-state index in [1.54, 1.807) is 0 Å². The van der Waals surface area contributed by atoms with E-state index in [4.69, 9.17) is 0 Å². The predicted octanol–water partition coefficient (Wildman–Crippen LogP) is 10.6. The van der Waals surface area contributed by atoms with Crippen molar-refractivity contribution in [2.45, 2.75) is 130 Å². The monoisotopic (exact) mass is 433 g/mol. The lowest BCUT2D eigenvalue weighted by atomic mass is 9.95. The highest BCUT2D eigenvalue weighted by molar-refractivity contribution is 5.68. The van der Waals surface area contributed by atoms with Crippen LogP contribution < -0.4 is 0 Å². The van der Waals surface area contributed by atoms with E-state index in [-0.39, 0.29) is 0 Å². The smallest absolute Gasteiger partial charge is 0.0149 e. The minimum absolute atomic E-state index is 1.22. The van der Waals surface area contributed by atoms with Gasteiger partial charge in [0.2, 0.25) is 0 Å². The first-order chi connectivity index (χ1) is 15.7. The lowest BCUT2D eigenvalue weighted by molar-refractivity contribution is 0.529. The van der Waals surface area contributed by atoms with Crippen LogP contribution in [0.25, 0.3) is 11.1 Å². The molecule has 0 aliphatic rings. The first kappa shape index (κ1) is 26.7. The van der Waals surface area contributed by atoms with Gasteiger partial charge in [0.05, 0.1) is 0 Å². The Bertz CT molecular complexity index is 709. The standard InChI is InChI=1S/C32H49/c1-4-5-6-7-8-9-10-11-12-13-14-15-16-17-18-19-22-30-24-26-31(27-25-30)32-23-20-21-28(2)29(32)3/h20,23-27H,4-19,22H2,1-3H3. The molecule has 0 bridgehead atoms. The molecule has 2 rings (SSSR count). The molecule has 0 atom stereocenters. The third kappa shape index (κ3) is 10.8. The van der Waals surface area contributed by atoms with Crippen LogP contribution in [0.1, 0.15) is 126 Å². The highest BCUT2D eigenvalue weighted by atomic mass is 14.1. The van der Waals surface area contributed by atoms with Gasteiger partial charge in [0.25, 0.3) is 0 Å². The molecule has 0 aliphatic carbocycles. The second-order valence-electron chi connectivity index (χ2n) is 9.89. The number of hydrogen-bond acceptors (Lipinski definition) is 0. The van der Waals surface area contributed by atoms with Crippen LogP contribution in [0.15, 0.2) is 36.4 Å². The maximum atomic E-state index is 3.29. The second-order valence-corrected chi connectivity index (χ2v) is 9.89. The molecule has 32 heavy (non-hydrogen) atoms.